The maximum absolute atomic E-state index is 12.8. The Morgan fingerprint density at radius 1 is 1.17 bits per heavy atom. The number of piperidine rings is 1. The second kappa shape index (κ2) is 6.20. The molecule has 1 aromatic rings. The third-order valence-corrected chi connectivity index (χ3v) is 6.25. The molecule has 2 aliphatic rings. The minimum atomic E-state index is -3.62. The highest BCUT2D eigenvalue weighted by atomic mass is 32.2. The normalized spacial score (nSPS) is 26.7. The molecule has 6 nitrogen and oxygen atoms in total. The van der Waals surface area contributed by atoms with Crippen LogP contribution in [0.5, 0.6) is 0 Å². The molecular formula is C17H22N2O4S. The number of hydrogen-bond donors (Lipinski definition) is 0. The van der Waals surface area contributed by atoms with Crippen molar-refractivity contribution >= 4 is 27.5 Å². The minimum absolute atomic E-state index is 0.0122. The van der Waals surface area contributed by atoms with E-state index in [9.17, 15) is 18.0 Å². The molecule has 2 aliphatic heterocycles. The fourth-order valence-corrected chi connectivity index (χ4v) is 5.10. The van der Waals surface area contributed by atoms with Crippen molar-refractivity contribution in [1.29, 1.82) is 0 Å². The van der Waals surface area contributed by atoms with Crippen LogP contribution in [0.2, 0.25) is 0 Å². The lowest BCUT2D eigenvalue weighted by atomic mass is 9.91. The Hall–Kier alpha value is -1.89. The van der Waals surface area contributed by atoms with Gasteiger partial charge in [0, 0.05) is 25.1 Å². The van der Waals surface area contributed by atoms with Crippen LogP contribution in [0.4, 0.5) is 5.69 Å². The SMILES string of the molecule is C[C@@H]1C[C@H](C)CN(C(=O)c2cccc(N3C(=O)CCS3(=O)=O)c2)C1. The number of carbonyl (C=O) groups is 2. The predicted molar refractivity (Wildman–Crippen MR) is 91.2 cm³/mol. The molecule has 0 saturated carbocycles. The summed E-state index contributed by atoms with van der Waals surface area (Å²) in [5.41, 5.74) is 0.671. The van der Waals surface area contributed by atoms with E-state index in [1.165, 1.54) is 6.07 Å². The molecule has 0 radical (unpaired) electrons. The third-order valence-electron chi connectivity index (χ3n) is 4.56. The molecule has 130 valence electrons. The van der Waals surface area contributed by atoms with Crippen LogP contribution in [0.3, 0.4) is 0 Å². The lowest BCUT2D eigenvalue weighted by Crippen LogP contribution is -2.42. The first-order valence-electron chi connectivity index (χ1n) is 8.23. The summed E-state index contributed by atoms with van der Waals surface area (Å²) < 4.78 is 24.9. The molecule has 0 N–H and O–H groups in total. The predicted octanol–water partition coefficient (Wildman–Crippen LogP) is 1.87. The van der Waals surface area contributed by atoms with E-state index in [1.807, 2.05) is 4.90 Å². The van der Waals surface area contributed by atoms with E-state index in [4.69, 9.17) is 0 Å². The van der Waals surface area contributed by atoms with E-state index >= 15 is 0 Å². The fraction of sp³-hybridized carbons (Fsp3) is 0.529. The summed E-state index contributed by atoms with van der Waals surface area (Å²) in [5.74, 6) is 0.160. The molecule has 2 fully saturated rings. The monoisotopic (exact) mass is 350 g/mol. The number of sulfonamides is 1. The Morgan fingerprint density at radius 2 is 1.83 bits per heavy atom. The summed E-state index contributed by atoms with van der Waals surface area (Å²) in [6, 6.07) is 6.36. The fourth-order valence-electron chi connectivity index (χ4n) is 3.65. The highest BCUT2D eigenvalue weighted by Gasteiger charge is 2.36. The molecule has 24 heavy (non-hydrogen) atoms. The van der Waals surface area contributed by atoms with Crippen LogP contribution >= 0.6 is 0 Å². The van der Waals surface area contributed by atoms with E-state index in [0.29, 0.717) is 30.5 Å². The number of rotatable bonds is 2. The Bertz CT molecular complexity index is 765. The molecule has 0 aliphatic carbocycles. The molecule has 0 unspecified atom stereocenters. The highest BCUT2D eigenvalue weighted by Crippen LogP contribution is 2.27. The second-order valence-electron chi connectivity index (χ2n) is 6.93. The molecule has 2 atom stereocenters. The van der Waals surface area contributed by atoms with Crippen LogP contribution in [0.15, 0.2) is 24.3 Å². The van der Waals surface area contributed by atoms with Gasteiger partial charge in [-0.3, -0.25) is 9.59 Å². The van der Waals surface area contributed by atoms with Gasteiger partial charge in [-0.15, -0.1) is 0 Å². The van der Waals surface area contributed by atoms with Crippen LogP contribution in [-0.4, -0.2) is 44.0 Å². The average Bonchev–Trinajstić information content (AvgIpc) is 2.79. The Morgan fingerprint density at radius 3 is 2.42 bits per heavy atom. The van der Waals surface area contributed by atoms with Gasteiger partial charge in [-0.25, -0.2) is 12.7 Å². The van der Waals surface area contributed by atoms with Gasteiger partial charge in [-0.05, 0) is 36.5 Å². The average molecular weight is 350 g/mol. The first-order chi connectivity index (χ1) is 11.3. The van der Waals surface area contributed by atoms with E-state index in [1.54, 1.807) is 18.2 Å². The van der Waals surface area contributed by atoms with Gasteiger partial charge in [0.15, 0.2) is 0 Å². The zero-order valence-electron chi connectivity index (χ0n) is 13.9. The van der Waals surface area contributed by atoms with E-state index < -0.39 is 15.9 Å². The number of likely N-dealkylation sites (tertiary alicyclic amines) is 1. The van der Waals surface area contributed by atoms with Crippen molar-refractivity contribution in [1.82, 2.24) is 4.90 Å². The molecule has 2 saturated heterocycles. The first-order valence-corrected chi connectivity index (χ1v) is 9.84. The number of carbonyl (C=O) groups excluding carboxylic acids is 2. The quantitative estimate of drug-likeness (QED) is 0.816. The van der Waals surface area contributed by atoms with Crippen molar-refractivity contribution in [3.8, 4) is 0 Å². The Kier molecular flexibility index (Phi) is 4.38. The van der Waals surface area contributed by atoms with Crippen LogP contribution in [0.25, 0.3) is 0 Å². The zero-order chi connectivity index (χ0) is 17.5. The van der Waals surface area contributed by atoms with Crippen molar-refractivity contribution in [3.05, 3.63) is 29.8 Å². The summed E-state index contributed by atoms with van der Waals surface area (Å²) in [6.45, 7) is 5.66. The smallest absolute Gasteiger partial charge is 0.253 e. The van der Waals surface area contributed by atoms with Gasteiger partial charge in [-0.1, -0.05) is 19.9 Å². The van der Waals surface area contributed by atoms with Gasteiger partial charge < -0.3 is 4.90 Å². The zero-order valence-corrected chi connectivity index (χ0v) is 14.8. The molecule has 0 aromatic heterocycles. The van der Waals surface area contributed by atoms with Gasteiger partial charge in [0.25, 0.3) is 5.91 Å². The Balaban J connectivity index is 1.88. The number of amides is 2. The maximum atomic E-state index is 12.8. The van der Waals surface area contributed by atoms with Crippen molar-refractivity contribution in [3.63, 3.8) is 0 Å². The largest absolute Gasteiger partial charge is 0.338 e. The molecule has 0 bridgehead atoms. The summed E-state index contributed by atoms with van der Waals surface area (Å²) in [5, 5.41) is 0. The van der Waals surface area contributed by atoms with Crippen LogP contribution in [0, 0.1) is 11.8 Å². The number of anilines is 1. The molecule has 2 heterocycles. The standard InChI is InChI=1S/C17H22N2O4S/c1-12-8-13(2)11-18(10-12)17(21)14-4-3-5-15(9-14)19-16(20)6-7-24(19,22)23/h3-5,9,12-13H,6-8,10-11H2,1-2H3/t12-,13+. The summed E-state index contributed by atoms with van der Waals surface area (Å²) in [6.07, 6.45) is 1.09. The maximum Gasteiger partial charge on any atom is 0.253 e. The van der Waals surface area contributed by atoms with Crippen molar-refractivity contribution in [2.45, 2.75) is 26.7 Å². The molecule has 3 rings (SSSR count). The van der Waals surface area contributed by atoms with Crippen LogP contribution in [-0.2, 0) is 14.8 Å². The van der Waals surface area contributed by atoms with E-state index in [0.717, 1.165) is 10.7 Å². The van der Waals surface area contributed by atoms with Crippen LogP contribution in [0.1, 0.15) is 37.0 Å². The number of hydrogen-bond acceptors (Lipinski definition) is 4. The summed E-state index contributed by atoms with van der Waals surface area (Å²) in [4.78, 5) is 26.5. The van der Waals surface area contributed by atoms with E-state index in [2.05, 4.69) is 13.8 Å². The van der Waals surface area contributed by atoms with E-state index in [-0.39, 0.29) is 23.8 Å². The summed E-state index contributed by atoms with van der Waals surface area (Å²) in [7, 11) is -3.62. The van der Waals surface area contributed by atoms with Gasteiger partial charge in [0.05, 0.1) is 11.4 Å². The van der Waals surface area contributed by atoms with Crippen molar-refractivity contribution in [2.24, 2.45) is 11.8 Å². The lowest BCUT2D eigenvalue weighted by molar-refractivity contribution is -0.116. The first kappa shape index (κ1) is 17.0. The number of nitrogens with zero attached hydrogens (tertiary/aromatic N) is 2. The Labute approximate surface area is 142 Å². The molecule has 0 spiro atoms. The molecule has 1 aromatic carbocycles. The topological polar surface area (TPSA) is 74.8 Å². The molecular weight excluding hydrogens is 328 g/mol. The number of benzene rings is 1. The lowest BCUT2D eigenvalue weighted by Gasteiger charge is -2.35. The van der Waals surface area contributed by atoms with Crippen LogP contribution < -0.4 is 4.31 Å². The molecule has 7 heteroatoms. The summed E-state index contributed by atoms with van der Waals surface area (Å²) >= 11 is 0. The third kappa shape index (κ3) is 3.17. The van der Waals surface area contributed by atoms with Gasteiger partial charge in [-0.2, -0.15) is 0 Å². The highest BCUT2D eigenvalue weighted by molar-refractivity contribution is 7.94. The second-order valence-corrected chi connectivity index (χ2v) is 8.87. The van der Waals surface area contributed by atoms with Gasteiger partial charge in [0.1, 0.15) is 0 Å². The molecule has 2 amide bonds. The van der Waals surface area contributed by atoms with Gasteiger partial charge in [0.2, 0.25) is 15.9 Å². The minimum Gasteiger partial charge on any atom is -0.338 e. The van der Waals surface area contributed by atoms with Crippen molar-refractivity contribution < 1.29 is 18.0 Å². The van der Waals surface area contributed by atoms with Gasteiger partial charge >= 0.3 is 0 Å². The van der Waals surface area contributed by atoms with Crippen molar-refractivity contribution in [2.75, 3.05) is 23.1 Å².